The second-order valence-corrected chi connectivity index (χ2v) is 7.69. The van der Waals surface area contributed by atoms with E-state index in [9.17, 15) is 13.6 Å². The van der Waals surface area contributed by atoms with Crippen molar-refractivity contribution in [3.05, 3.63) is 30.1 Å². The molecule has 0 radical (unpaired) electrons. The van der Waals surface area contributed by atoms with E-state index in [2.05, 4.69) is 9.97 Å². The van der Waals surface area contributed by atoms with Crippen LogP contribution in [-0.2, 0) is 4.74 Å². The normalized spacial score (nSPS) is 18.3. The van der Waals surface area contributed by atoms with E-state index in [1.54, 1.807) is 17.0 Å². The topological polar surface area (TPSA) is 58.6 Å². The quantitative estimate of drug-likeness (QED) is 0.790. The van der Waals surface area contributed by atoms with Crippen LogP contribution in [0.5, 0.6) is 0 Å². The van der Waals surface area contributed by atoms with E-state index < -0.39 is 17.9 Å². The summed E-state index contributed by atoms with van der Waals surface area (Å²) >= 11 is 0. The zero-order chi connectivity index (χ0) is 19.8. The lowest BCUT2D eigenvalue weighted by molar-refractivity contribution is 0.0159. The van der Waals surface area contributed by atoms with Gasteiger partial charge in [-0.15, -0.1) is 0 Å². The summed E-state index contributed by atoms with van der Waals surface area (Å²) in [6.45, 7) is 8.77. The number of hydrogen-bond acceptors (Lipinski definition) is 5. The number of carbonyl (C=O) groups is 1. The molecule has 3 rings (SSSR count). The summed E-state index contributed by atoms with van der Waals surface area (Å²) in [4.78, 5) is 24.1. The fourth-order valence-electron chi connectivity index (χ4n) is 3.16. The van der Waals surface area contributed by atoms with Crippen molar-refractivity contribution in [1.82, 2.24) is 14.9 Å². The summed E-state index contributed by atoms with van der Waals surface area (Å²) in [7, 11) is 0. The number of amides is 1. The van der Waals surface area contributed by atoms with E-state index >= 15 is 0 Å². The van der Waals surface area contributed by atoms with Crippen molar-refractivity contribution < 1.29 is 18.3 Å². The highest BCUT2D eigenvalue weighted by Gasteiger charge is 2.32. The first-order valence-electron chi connectivity index (χ1n) is 8.95. The van der Waals surface area contributed by atoms with Crippen LogP contribution < -0.4 is 4.90 Å². The zero-order valence-electron chi connectivity index (χ0n) is 15.9. The van der Waals surface area contributed by atoms with Crippen LogP contribution >= 0.6 is 0 Å². The number of rotatable bonds is 2. The molecule has 1 aliphatic rings. The Balaban J connectivity index is 1.86. The summed E-state index contributed by atoms with van der Waals surface area (Å²) in [5, 5.41) is 0.722. The number of halogens is 2. The average molecular weight is 378 g/mol. The number of ether oxygens (including phenoxy) is 1. The maximum atomic E-state index is 13.2. The van der Waals surface area contributed by atoms with Crippen LogP contribution in [0, 0.1) is 0 Å². The molecule has 27 heavy (non-hydrogen) atoms. The highest BCUT2D eigenvalue weighted by molar-refractivity contribution is 5.89. The van der Waals surface area contributed by atoms with Gasteiger partial charge in [0.05, 0.1) is 5.52 Å². The van der Waals surface area contributed by atoms with E-state index in [0.29, 0.717) is 31.0 Å². The third kappa shape index (κ3) is 4.26. The molecule has 0 spiro atoms. The van der Waals surface area contributed by atoms with Gasteiger partial charge in [0.25, 0.3) is 6.43 Å². The van der Waals surface area contributed by atoms with Gasteiger partial charge in [0, 0.05) is 31.1 Å². The number of fused-ring (bicyclic) bond motifs is 1. The summed E-state index contributed by atoms with van der Waals surface area (Å²) in [5.41, 5.74) is -0.0804. The van der Waals surface area contributed by atoms with E-state index in [1.165, 1.54) is 0 Å². The van der Waals surface area contributed by atoms with E-state index in [4.69, 9.17) is 4.74 Å². The Morgan fingerprint density at radius 1 is 1.22 bits per heavy atom. The minimum atomic E-state index is -2.74. The maximum absolute atomic E-state index is 13.2. The first-order chi connectivity index (χ1) is 12.7. The van der Waals surface area contributed by atoms with Crippen LogP contribution in [0.15, 0.2) is 24.3 Å². The molecule has 1 aliphatic heterocycles. The SMILES string of the molecule is C[C@@H]1CN(c2nc(C(F)F)nc3ccccc23)CCN1C(=O)OC(C)(C)C. The van der Waals surface area contributed by atoms with E-state index in [-0.39, 0.29) is 12.1 Å². The number of carbonyl (C=O) groups excluding carboxylic acids is 1. The number of benzene rings is 1. The summed E-state index contributed by atoms with van der Waals surface area (Å²) in [6, 6.07) is 6.98. The Hall–Kier alpha value is -2.51. The smallest absolute Gasteiger partial charge is 0.410 e. The first-order valence-corrected chi connectivity index (χ1v) is 8.95. The Labute approximate surface area is 157 Å². The number of piperazine rings is 1. The molecule has 1 atom stereocenters. The number of anilines is 1. The van der Waals surface area contributed by atoms with Gasteiger partial charge in [0.1, 0.15) is 11.4 Å². The van der Waals surface area contributed by atoms with Crippen molar-refractivity contribution in [1.29, 1.82) is 0 Å². The van der Waals surface area contributed by atoms with Gasteiger partial charge in [-0.05, 0) is 39.8 Å². The number of alkyl halides is 2. The summed E-state index contributed by atoms with van der Waals surface area (Å²) < 4.78 is 31.9. The van der Waals surface area contributed by atoms with E-state index in [1.807, 2.05) is 44.7 Å². The summed E-state index contributed by atoms with van der Waals surface area (Å²) in [5.74, 6) is -0.00230. The van der Waals surface area contributed by atoms with Crippen molar-refractivity contribution in [3.63, 3.8) is 0 Å². The minimum absolute atomic E-state index is 0.141. The zero-order valence-corrected chi connectivity index (χ0v) is 15.9. The molecule has 0 aliphatic carbocycles. The highest BCUT2D eigenvalue weighted by Crippen LogP contribution is 2.29. The molecule has 6 nitrogen and oxygen atoms in total. The largest absolute Gasteiger partial charge is 0.444 e. The van der Waals surface area contributed by atoms with Gasteiger partial charge in [0.15, 0.2) is 5.82 Å². The fourth-order valence-corrected chi connectivity index (χ4v) is 3.16. The van der Waals surface area contributed by atoms with Crippen molar-refractivity contribution in [2.24, 2.45) is 0 Å². The number of para-hydroxylation sites is 1. The Morgan fingerprint density at radius 2 is 1.93 bits per heavy atom. The van der Waals surface area contributed by atoms with Gasteiger partial charge in [-0.1, -0.05) is 12.1 Å². The Bertz CT molecular complexity index is 838. The van der Waals surface area contributed by atoms with Crippen molar-refractivity contribution in [3.8, 4) is 0 Å². The molecule has 1 fully saturated rings. The van der Waals surface area contributed by atoms with Gasteiger partial charge in [-0.2, -0.15) is 0 Å². The summed E-state index contributed by atoms with van der Waals surface area (Å²) in [6.07, 6.45) is -3.11. The molecular formula is C19H24F2N4O2. The lowest BCUT2D eigenvalue weighted by atomic mass is 10.1. The molecule has 0 bridgehead atoms. The van der Waals surface area contributed by atoms with Crippen molar-refractivity contribution in [2.45, 2.75) is 45.8 Å². The van der Waals surface area contributed by atoms with Gasteiger partial charge >= 0.3 is 6.09 Å². The van der Waals surface area contributed by atoms with Crippen LogP contribution in [0.4, 0.5) is 19.4 Å². The van der Waals surface area contributed by atoms with Gasteiger partial charge < -0.3 is 14.5 Å². The lowest BCUT2D eigenvalue weighted by Crippen LogP contribution is -2.55. The molecule has 0 N–H and O–H groups in total. The number of hydrogen-bond donors (Lipinski definition) is 0. The van der Waals surface area contributed by atoms with Gasteiger partial charge in [-0.25, -0.2) is 23.5 Å². The molecule has 8 heteroatoms. The molecule has 1 aromatic carbocycles. The Kier molecular flexibility index (Phi) is 5.17. The second-order valence-electron chi connectivity index (χ2n) is 7.69. The third-order valence-electron chi connectivity index (χ3n) is 4.35. The molecule has 1 amide bonds. The minimum Gasteiger partial charge on any atom is -0.444 e. The van der Waals surface area contributed by atoms with Crippen LogP contribution in [0.25, 0.3) is 10.9 Å². The molecule has 146 valence electrons. The van der Waals surface area contributed by atoms with Gasteiger partial charge in [-0.3, -0.25) is 0 Å². The number of aromatic nitrogens is 2. The molecule has 0 saturated carbocycles. The lowest BCUT2D eigenvalue weighted by Gasteiger charge is -2.41. The van der Waals surface area contributed by atoms with Crippen LogP contribution in [0.1, 0.15) is 39.9 Å². The number of nitrogens with zero attached hydrogens (tertiary/aromatic N) is 4. The maximum Gasteiger partial charge on any atom is 0.410 e. The highest BCUT2D eigenvalue weighted by atomic mass is 19.3. The standard InChI is InChI=1S/C19H24F2N4O2/c1-12-11-24(9-10-25(12)18(26)27-19(2,3)4)17-13-7-5-6-8-14(13)22-16(23-17)15(20)21/h5-8,12,15H,9-11H2,1-4H3/t12-/m1/s1. The molecule has 2 aromatic rings. The van der Waals surface area contributed by atoms with Crippen molar-refractivity contribution in [2.75, 3.05) is 24.5 Å². The first kappa shape index (κ1) is 19.3. The molecule has 1 saturated heterocycles. The molecular weight excluding hydrogens is 354 g/mol. The third-order valence-corrected chi connectivity index (χ3v) is 4.35. The van der Waals surface area contributed by atoms with Crippen LogP contribution in [0.3, 0.4) is 0 Å². The van der Waals surface area contributed by atoms with Crippen LogP contribution in [-0.4, -0.2) is 52.2 Å². The fraction of sp³-hybridized carbons (Fsp3) is 0.526. The monoisotopic (exact) mass is 378 g/mol. The molecule has 0 unspecified atom stereocenters. The Morgan fingerprint density at radius 3 is 2.56 bits per heavy atom. The van der Waals surface area contributed by atoms with Gasteiger partial charge in [0.2, 0.25) is 0 Å². The predicted molar refractivity (Wildman–Crippen MR) is 99.1 cm³/mol. The second kappa shape index (κ2) is 7.25. The van der Waals surface area contributed by atoms with Crippen LogP contribution in [0.2, 0.25) is 0 Å². The molecule has 1 aromatic heterocycles. The van der Waals surface area contributed by atoms with Crippen molar-refractivity contribution >= 4 is 22.8 Å². The average Bonchev–Trinajstić information content (AvgIpc) is 2.59. The predicted octanol–water partition coefficient (Wildman–Crippen LogP) is 4.01. The molecule has 2 heterocycles. The van der Waals surface area contributed by atoms with E-state index in [0.717, 1.165) is 5.39 Å².